The molecule has 160 valence electrons. The standard InChI is InChI=1S/C13H18N5O10P.3Na/c1-4(12(22)23)15-13-16-9-6(10(21)17-13)14-3-18(9)11-8(20)7(19)5(28-11)2-27-29(24,25)26;;;/h3-5,7-8,11,19-20H,2H2,1H3,(H,22,23)(H2,24,25,26)(H2,15,16,17,21);;;/q;3*+1/p-3/t4?,5-,7-,8-,11-;;;/m1.../s1. The van der Waals surface area contributed by atoms with Crippen molar-refractivity contribution in [2.75, 3.05) is 11.9 Å². The number of anilines is 1. The van der Waals surface area contributed by atoms with Crippen LogP contribution in [0.3, 0.4) is 0 Å². The van der Waals surface area contributed by atoms with Crippen LogP contribution in [0.4, 0.5) is 5.95 Å². The normalized spacial score (nSPS) is 23.5. The number of fused-ring (bicyclic) bond motifs is 1. The Hall–Kier alpha value is 0.610. The number of carboxylic acids is 1. The van der Waals surface area contributed by atoms with E-state index in [-0.39, 0.29) is 106 Å². The number of imidazole rings is 1. The topological polar surface area (TPSA) is 238 Å². The van der Waals surface area contributed by atoms with Gasteiger partial charge in [0, 0.05) is 0 Å². The van der Waals surface area contributed by atoms with Crippen molar-refractivity contribution < 1.29 is 132 Å². The molecule has 0 bridgehead atoms. The Kier molecular flexibility index (Phi) is 13.3. The Balaban J connectivity index is 0.00000320. The van der Waals surface area contributed by atoms with E-state index < -0.39 is 56.5 Å². The van der Waals surface area contributed by atoms with Crippen LogP contribution in [0.15, 0.2) is 11.1 Å². The second kappa shape index (κ2) is 13.1. The molecule has 3 rings (SSSR count). The Bertz CT molecular complexity index is 1030. The van der Waals surface area contributed by atoms with E-state index in [2.05, 4.69) is 24.8 Å². The number of aromatic amines is 1. The number of ether oxygens (including phenoxy) is 1. The van der Waals surface area contributed by atoms with Gasteiger partial charge in [0.15, 0.2) is 17.4 Å². The van der Waals surface area contributed by atoms with Crippen LogP contribution < -0.4 is 114 Å². The first-order chi connectivity index (χ1) is 13.5. The van der Waals surface area contributed by atoms with Gasteiger partial charge in [0.1, 0.15) is 18.3 Å². The number of nitrogens with zero attached hydrogens (tertiary/aromatic N) is 3. The molecule has 0 spiro atoms. The number of carbonyl (C=O) groups excluding carboxylic acids is 1. The monoisotopic (exact) mass is 501 g/mol. The minimum absolute atomic E-state index is 0. The Labute approximate surface area is 246 Å². The third kappa shape index (κ3) is 7.55. The van der Waals surface area contributed by atoms with Crippen molar-refractivity contribution in [1.82, 2.24) is 19.5 Å². The first kappa shape index (κ1) is 32.6. The minimum atomic E-state index is -5.33. The quantitative estimate of drug-likeness (QED) is 0.204. The molecule has 4 N–H and O–H groups in total. The van der Waals surface area contributed by atoms with Crippen LogP contribution >= 0.6 is 7.82 Å². The number of phosphoric ester groups is 1. The second-order valence-electron chi connectivity index (χ2n) is 6.21. The zero-order chi connectivity index (χ0) is 21.5. The number of carboxylic acid groups (broad SMARTS) is 1. The van der Waals surface area contributed by atoms with Gasteiger partial charge in [-0.1, -0.05) is 0 Å². The molecule has 1 aliphatic heterocycles. The largest absolute Gasteiger partial charge is 1.00 e. The molecule has 19 heteroatoms. The predicted molar refractivity (Wildman–Crippen MR) is 85.7 cm³/mol. The van der Waals surface area contributed by atoms with Gasteiger partial charge in [0.05, 0.1) is 32.8 Å². The molecular formula is C13H15N5Na3O10P. The number of hydrogen-bond donors (Lipinski definition) is 4. The number of aliphatic hydroxyl groups is 2. The summed E-state index contributed by atoms with van der Waals surface area (Å²) >= 11 is 0. The van der Waals surface area contributed by atoms with Gasteiger partial charge in [-0.05, 0) is 6.92 Å². The number of aromatic nitrogens is 4. The summed E-state index contributed by atoms with van der Waals surface area (Å²) in [5.41, 5.74) is -1.03. The summed E-state index contributed by atoms with van der Waals surface area (Å²) in [6.07, 6.45) is -4.89. The molecule has 32 heavy (non-hydrogen) atoms. The van der Waals surface area contributed by atoms with Gasteiger partial charge in [-0.25, -0.2) is 4.98 Å². The van der Waals surface area contributed by atoms with Crippen molar-refractivity contribution in [3.63, 3.8) is 0 Å². The average molecular weight is 501 g/mol. The predicted octanol–water partition coefficient (Wildman–Crippen LogP) is -13.9. The Morgan fingerprint density at radius 1 is 1.38 bits per heavy atom. The number of H-pyrrole nitrogens is 1. The molecule has 0 amide bonds. The van der Waals surface area contributed by atoms with Gasteiger partial charge in [0.2, 0.25) is 5.95 Å². The molecule has 15 nitrogen and oxygen atoms in total. The fourth-order valence-electron chi connectivity index (χ4n) is 2.71. The summed E-state index contributed by atoms with van der Waals surface area (Å²) in [7, 11) is -5.33. The van der Waals surface area contributed by atoms with Crippen LogP contribution in [0.25, 0.3) is 11.2 Å². The third-order valence-electron chi connectivity index (χ3n) is 4.15. The SMILES string of the molecule is CC(Nc1nc2c(ncn2[C@@H]2O[C@H](COP(=O)([O-])[O-])[C@@H](O)[C@H]2O)c(=O)[nH]1)C(=O)[O-].[Na+].[Na+].[Na+]. The van der Waals surface area contributed by atoms with Gasteiger partial charge in [-0.2, -0.15) is 4.98 Å². The van der Waals surface area contributed by atoms with Crippen molar-refractivity contribution >= 4 is 30.9 Å². The molecular weight excluding hydrogens is 486 g/mol. The Morgan fingerprint density at radius 2 is 2.00 bits per heavy atom. The molecule has 1 aliphatic rings. The number of carbonyl (C=O) groups is 1. The van der Waals surface area contributed by atoms with E-state index in [0.29, 0.717) is 0 Å². The summed E-state index contributed by atoms with van der Waals surface area (Å²) in [5.74, 6) is -1.68. The molecule has 0 radical (unpaired) electrons. The van der Waals surface area contributed by atoms with Crippen LogP contribution in [0.5, 0.6) is 0 Å². The molecule has 3 heterocycles. The molecule has 1 saturated heterocycles. The smallest absolute Gasteiger partial charge is 0.790 e. The van der Waals surface area contributed by atoms with Crippen LogP contribution in [-0.2, 0) is 18.6 Å². The zero-order valence-electron chi connectivity index (χ0n) is 17.6. The van der Waals surface area contributed by atoms with Gasteiger partial charge in [0.25, 0.3) is 5.56 Å². The maximum absolute atomic E-state index is 12.2. The number of phosphoric acid groups is 1. The number of nitrogens with one attached hydrogen (secondary N) is 2. The molecule has 2 aromatic rings. The summed E-state index contributed by atoms with van der Waals surface area (Å²) in [4.78, 5) is 54.4. The van der Waals surface area contributed by atoms with Gasteiger partial charge >= 0.3 is 88.7 Å². The maximum atomic E-state index is 12.2. The van der Waals surface area contributed by atoms with E-state index in [1.54, 1.807) is 0 Å². The van der Waals surface area contributed by atoms with Gasteiger partial charge in [-0.3, -0.25) is 14.3 Å². The van der Waals surface area contributed by atoms with Crippen LogP contribution in [-0.4, -0.2) is 66.7 Å². The van der Waals surface area contributed by atoms with E-state index in [1.807, 2.05) is 0 Å². The minimum Gasteiger partial charge on any atom is -0.790 e. The zero-order valence-corrected chi connectivity index (χ0v) is 24.5. The molecule has 0 aromatic carbocycles. The van der Waals surface area contributed by atoms with Crippen LogP contribution in [0, 0.1) is 0 Å². The van der Waals surface area contributed by atoms with Crippen LogP contribution in [0.1, 0.15) is 13.2 Å². The summed E-state index contributed by atoms with van der Waals surface area (Å²) in [6.45, 7) is 0.419. The van der Waals surface area contributed by atoms with E-state index in [4.69, 9.17) is 4.74 Å². The maximum Gasteiger partial charge on any atom is 1.00 e. The molecule has 1 unspecified atom stereocenters. The van der Waals surface area contributed by atoms with E-state index in [0.717, 1.165) is 10.9 Å². The Morgan fingerprint density at radius 3 is 2.56 bits per heavy atom. The van der Waals surface area contributed by atoms with Crippen molar-refractivity contribution in [3.05, 3.63) is 16.7 Å². The second-order valence-corrected chi connectivity index (χ2v) is 7.37. The molecule has 0 saturated carbocycles. The molecule has 2 aromatic heterocycles. The number of aliphatic hydroxyl groups excluding tert-OH is 2. The van der Waals surface area contributed by atoms with E-state index in [9.17, 15) is 39.3 Å². The first-order valence-corrected chi connectivity index (χ1v) is 9.56. The number of rotatable bonds is 7. The average Bonchev–Trinajstić information content (AvgIpc) is 3.15. The fourth-order valence-corrected chi connectivity index (χ4v) is 3.04. The van der Waals surface area contributed by atoms with Crippen molar-refractivity contribution in [3.8, 4) is 0 Å². The summed E-state index contributed by atoms with van der Waals surface area (Å²) in [6, 6.07) is -1.20. The fraction of sp³-hybridized carbons (Fsp3) is 0.538. The molecule has 5 atom stereocenters. The number of aliphatic carboxylic acids is 1. The number of hydrogen-bond acceptors (Lipinski definition) is 13. The van der Waals surface area contributed by atoms with Gasteiger partial charge in [-0.15, -0.1) is 0 Å². The molecule has 1 fully saturated rings. The van der Waals surface area contributed by atoms with E-state index >= 15 is 0 Å². The van der Waals surface area contributed by atoms with Crippen molar-refractivity contribution in [2.45, 2.75) is 37.5 Å². The first-order valence-electron chi connectivity index (χ1n) is 8.10. The summed E-state index contributed by atoms with van der Waals surface area (Å²) < 4.78 is 21.1. The van der Waals surface area contributed by atoms with E-state index in [1.165, 1.54) is 6.92 Å². The van der Waals surface area contributed by atoms with Crippen LogP contribution in [0.2, 0.25) is 0 Å². The van der Waals surface area contributed by atoms with Crippen molar-refractivity contribution in [2.24, 2.45) is 0 Å². The molecule has 0 aliphatic carbocycles. The third-order valence-corrected chi connectivity index (χ3v) is 4.61. The summed E-state index contributed by atoms with van der Waals surface area (Å²) in [5, 5.41) is 33.5. The van der Waals surface area contributed by atoms with Gasteiger partial charge < -0.3 is 49.0 Å². The van der Waals surface area contributed by atoms with Crippen molar-refractivity contribution in [1.29, 1.82) is 0 Å².